The molecule has 8 aliphatic rings. The molecule has 8 rings (SSSR count). The molecule has 8 aliphatic carbocycles. The monoisotopic (exact) mass is 562 g/mol. The lowest BCUT2D eigenvalue weighted by Crippen LogP contribution is -2.33. The van der Waals surface area contributed by atoms with Gasteiger partial charge in [-0.3, -0.25) is 0 Å². The number of hydrogen-bond acceptors (Lipinski definition) is 1. The summed E-state index contributed by atoms with van der Waals surface area (Å²) in [5, 5.41) is 0. The largest absolute Gasteiger partial charge is 0.327 e. The number of rotatable bonds is 16. The van der Waals surface area contributed by atoms with E-state index in [0.717, 1.165) is 124 Å². The van der Waals surface area contributed by atoms with Gasteiger partial charge >= 0.3 is 0 Å². The number of hydrogen-bond donors (Lipinski definition) is 1. The molecule has 1 heteroatoms. The summed E-state index contributed by atoms with van der Waals surface area (Å²) >= 11 is 0. The zero-order valence-corrected chi connectivity index (χ0v) is 28.1. The minimum Gasteiger partial charge on any atom is -0.327 e. The Labute approximate surface area is 254 Å². The van der Waals surface area contributed by atoms with Gasteiger partial charge in [-0.05, 0) is 182 Å². The van der Waals surface area contributed by atoms with Gasteiger partial charge in [-0.1, -0.05) is 61.3 Å². The summed E-state index contributed by atoms with van der Waals surface area (Å²) in [5.41, 5.74) is 6.40. The van der Waals surface area contributed by atoms with E-state index in [2.05, 4.69) is 48.5 Å². The van der Waals surface area contributed by atoms with Crippen molar-refractivity contribution in [1.29, 1.82) is 0 Å². The van der Waals surface area contributed by atoms with Crippen molar-refractivity contribution in [1.82, 2.24) is 0 Å². The first-order valence-corrected chi connectivity index (χ1v) is 19.5. The predicted molar refractivity (Wildman–Crippen MR) is 172 cm³/mol. The fourth-order valence-corrected chi connectivity index (χ4v) is 13.3. The summed E-state index contributed by atoms with van der Waals surface area (Å²) in [4.78, 5) is 0. The van der Waals surface area contributed by atoms with Gasteiger partial charge in [0.2, 0.25) is 0 Å². The Balaban J connectivity index is 0.852. The van der Waals surface area contributed by atoms with Crippen LogP contribution < -0.4 is 5.73 Å². The van der Waals surface area contributed by atoms with Crippen LogP contribution in [0.2, 0.25) is 0 Å². The Kier molecular flexibility index (Phi) is 7.10. The van der Waals surface area contributed by atoms with Gasteiger partial charge in [0.05, 0.1) is 0 Å². The van der Waals surface area contributed by atoms with Crippen molar-refractivity contribution in [2.75, 3.05) is 0 Å². The molecule has 0 aromatic carbocycles. The summed E-state index contributed by atoms with van der Waals surface area (Å²) in [6.45, 7) is 17.8. The first-order chi connectivity index (χ1) is 19.8. The summed E-state index contributed by atoms with van der Waals surface area (Å²) in [7, 11) is 0. The molecule has 41 heavy (non-hydrogen) atoms. The Hall–Kier alpha value is -0.0400. The van der Waals surface area contributed by atoms with E-state index in [1.54, 1.807) is 38.5 Å². The third-order valence-corrected chi connectivity index (χ3v) is 16.2. The highest BCUT2D eigenvalue weighted by Crippen LogP contribution is 2.74. The molecule has 1 nitrogen and oxygen atoms in total. The van der Waals surface area contributed by atoms with Crippen LogP contribution in [0.15, 0.2) is 0 Å². The third-order valence-electron chi connectivity index (χ3n) is 16.2. The topological polar surface area (TPSA) is 26.0 Å². The van der Waals surface area contributed by atoms with E-state index in [1.165, 1.54) is 32.1 Å². The molecule has 0 aromatic rings. The van der Waals surface area contributed by atoms with Crippen LogP contribution in [0.5, 0.6) is 0 Å². The van der Waals surface area contributed by atoms with Gasteiger partial charge < -0.3 is 5.73 Å². The first-order valence-electron chi connectivity index (χ1n) is 19.5. The highest BCUT2D eigenvalue weighted by molar-refractivity contribution is 5.16. The van der Waals surface area contributed by atoms with E-state index < -0.39 is 0 Å². The maximum absolute atomic E-state index is 6.40. The average molecular weight is 562 g/mol. The van der Waals surface area contributed by atoms with E-state index in [0.29, 0.717) is 6.04 Å². The lowest BCUT2D eigenvalue weighted by molar-refractivity contribution is 0.0961. The van der Waals surface area contributed by atoms with Gasteiger partial charge in [-0.2, -0.15) is 0 Å². The molecule has 0 aliphatic heterocycles. The Morgan fingerprint density at radius 1 is 0.488 bits per heavy atom. The van der Waals surface area contributed by atoms with E-state index in [9.17, 15) is 0 Å². The molecule has 0 amide bonds. The first kappa shape index (κ1) is 28.4. The van der Waals surface area contributed by atoms with Gasteiger partial charge in [0.25, 0.3) is 0 Å². The van der Waals surface area contributed by atoms with Crippen LogP contribution in [0.25, 0.3) is 0 Å². The van der Waals surface area contributed by atoms with Crippen LogP contribution in [-0.4, -0.2) is 6.04 Å². The molecule has 0 saturated heterocycles. The molecular weight excluding hydrogens is 494 g/mol. The molecule has 8 fully saturated rings. The SMILES string of the molecule is CCC(N)C1CC1C1CC1C1CC1C1CC1C1CC1C(CC)C1CC1C(C(C)C)C(C1CC1C)C(CC)C1CC1C. The van der Waals surface area contributed by atoms with Crippen molar-refractivity contribution in [2.24, 2.45) is 130 Å². The Morgan fingerprint density at radius 2 is 1.00 bits per heavy atom. The van der Waals surface area contributed by atoms with Crippen molar-refractivity contribution >= 4 is 0 Å². The van der Waals surface area contributed by atoms with Crippen LogP contribution in [-0.2, 0) is 0 Å². The lowest BCUT2D eigenvalue weighted by Gasteiger charge is -2.38. The molecular formula is C40H67N. The standard InChI is InChI=1S/C40H67N/c1-8-22(27-18-37(27)39(19(4)5)40(25-12-21(25)7)23(9-2)24-11-20(24)6)26-13-28(26)29-14-30(29)31-15-32(31)33-16-34(33)35-17-36(35)38(41)10-3/h19-40H,8-18,41H2,1-7H3. The summed E-state index contributed by atoms with van der Waals surface area (Å²) < 4.78 is 0. The number of nitrogens with two attached hydrogens (primary N) is 1. The fourth-order valence-electron chi connectivity index (χ4n) is 13.3. The molecule has 21 atom stereocenters. The molecule has 21 unspecified atom stereocenters. The van der Waals surface area contributed by atoms with Crippen molar-refractivity contribution in [3.8, 4) is 0 Å². The maximum Gasteiger partial charge on any atom is 0.00673 e. The van der Waals surface area contributed by atoms with Crippen LogP contribution in [0, 0.1) is 124 Å². The minimum absolute atomic E-state index is 0.502. The molecule has 0 bridgehead atoms. The van der Waals surface area contributed by atoms with Gasteiger partial charge in [-0.25, -0.2) is 0 Å². The maximum atomic E-state index is 6.40. The zero-order chi connectivity index (χ0) is 28.5. The van der Waals surface area contributed by atoms with E-state index in [4.69, 9.17) is 5.73 Å². The van der Waals surface area contributed by atoms with Crippen LogP contribution in [0.1, 0.15) is 119 Å². The predicted octanol–water partition coefficient (Wildman–Crippen LogP) is 9.79. The van der Waals surface area contributed by atoms with Gasteiger partial charge in [0.15, 0.2) is 0 Å². The highest BCUT2D eigenvalue weighted by atomic mass is 14.8. The molecule has 0 heterocycles. The van der Waals surface area contributed by atoms with Crippen LogP contribution >= 0.6 is 0 Å². The molecule has 0 aromatic heterocycles. The van der Waals surface area contributed by atoms with Crippen molar-refractivity contribution in [3.05, 3.63) is 0 Å². The Morgan fingerprint density at radius 3 is 1.46 bits per heavy atom. The normalized spacial score (nSPS) is 55.5. The van der Waals surface area contributed by atoms with Crippen LogP contribution in [0.3, 0.4) is 0 Å². The van der Waals surface area contributed by atoms with Gasteiger partial charge in [0, 0.05) is 6.04 Å². The molecule has 232 valence electrons. The molecule has 0 radical (unpaired) electrons. The molecule has 2 N–H and O–H groups in total. The zero-order valence-electron chi connectivity index (χ0n) is 28.1. The van der Waals surface area contributed by atoms with Crippen molar-refractivity contribution in [3.63, 3.8) is 0 Å². The molecule has 0 spiro atoms. The van der Waals surface area contributed by atoms with Crippen molar-refractivity contribution < 1.29 is 0 Å². The van der Waals surface area contributed by atoms with E-state index in [-0.39, 0.29) is 0 Å². The summed E-state index contributed by atoms with van der Waals surface area (Å²) in [6, 6.07) is 0.502. The second-order valence-corrected chi connectivity index (χ2v) is 18.7. The second-order valence-electron chi connectivity index (χ2n) is 18.7. The van der Waals surface area contributed by atoms with E-state index >= 15 is 0 Å². The second kappa shape index (κ2) is 10.2. The minimum atomic E-state index is 0.502. The average Bonchev–Trinajstić information content (AvgIpc) is 3.69. The van der Waals surface area contributed by atoms with Crippen molar-refractivity contribution in [2.45, 2.75) is 125 Å². The van der Waals surface area contributed by atoms with Gasteiger partial charge in [-0.15, -0.1) is 0 Å². The summed E-state index contributed by atoms with van der Waals surface area (Å²) in [6.07, 6.45) is 16.7. The smallest absolute Gasteiger partial charge is 0.00673 e. The fraction of sp³-hybridized carbons (Fsp3) is 1.00. The Bertz CT molecular complexity index is 970. The third kappa shape index (κ3) is 5.13. The van der Waals surface area contributed by atoms with E-state index in [1.807, 2.05) is 0 Å². The van der Waals surface area contributed by atoms with Crippen LogP contribution in [0.4, 0.5) is 0 Å². The summed E-state index contributed by atoms with van der Waals surface area (Å²) in [5.74, 6) is 22.4. The lowest BCUT2D eigenvalue weighted by atomic mass is 9.67. The highest BCUT2D eigenvalue weighted by Gasteiger charge is 2.68. The molecule has 8 saturated carbocycles. The van der Waals surface area contributed by atoms with Gasteiger partial charge in [0.1, 0.15) is 0 Å². The quantitative estimate of drug-likeness (QED) is 0.199.